The molecule has 4 heteroatoms. The molecule has 0 atom stereocenters. The van der Waals surface area contributed by atoms with Crippen molar-refractivity contribution >= 4 is 23.1 Å². The lowest BCUT2D eigenvalue weighted by Crippen LogP contribution is -2.03. The smallest absolute Gasteiger partial charge is 0.349 e. The van der Waals surface area contributed by atoms with Crippen molar-refractivity contribution in [2.45, 2.75) is 20.0 Å². The van der Waals surface area contributed by atoms with Crippen molar-refractivity contribution in [1.82, 2.24) is 0 Å². The van der Waals surface area contributed by atoms with Crippen molar-refractivity contribution in [3.8, 4) is 5.75 Å². The molecule has 3 nitrogen and oxygen atoms in total. The molecule has 120 valence electrons. The molecule has 2 rings (SSSR count). The number of allylic oxidation sites excluding steroid dienone is 1. The highest BCUT2D eigenvalue weighted by Crippen LogP contribution is 2.27. The fourth-order valence-electron chi connectivity index (χ4n) is 2.19. The van der Waals surface area contributed by atoms with Gasteiger partial charge in [-0.25, -0.2) is 4.79 Å². The quantitative estimate of drug-likeness (QED) is 0.564. The van der Waals surface area contributed by atoms with Crippen molar-refractivity contribution in [2.24, 2.45) is 0 Å². The first-order valence-electron chi connectivity index (χ1n) is 7.39. The number of ether oxygens (including phenoxy) is 2. The molecule has 2 aromatic rings. The third-order valence-electron chi connectivity index (χ3n) is 3.43. The molecular formula is C19H19ClO3. The van der Waals surface area contributed by atoms with Gasteiger partial charge in [0.25, 0.3) is 0 Å². The molecule has 0 saturated heterocycles. The zero-order valence-electron chi connectivity index (χ0n) is 13.2. The summed E-state index contributed by atoms with van der Waals surface area (Å²) < 4.78 is 10.4. The highest BCUT2D eigenvalue weighted by Gasteiger charge is 2.14. The van der Waals surface area contributed by atoms with Crippen LogP contribution < -0.4 is 4.74 Å². The van der Waals surface area contributed by atoms with Crippen LogP contribution in [0.3, 0.4) is 0 Å². The molecule has 0 bridgehead atoms. The van der Waals surface area contributed by atoms with Crippen molar-refractivity contribution < 1.29 is 14.3 Å². The Morgan fingerprint density at radius 1 is 1.04 bits per heavy atom. The third kappa shape index (κ3) is 4.60. The van der Waals surface area contributed by atoms with Gasteiger partial charge in [-0.05, 0) is 35.3 Å². The van der Waals surface area contributed by atoms with Crippen LogP contribution in [0.1, 0.15) is 24.5 Å². The summed E-state index contributed by atoms with van der Waals surface area (Å²) >= 11 is 6.09. The Hall–Kier alpha value is -2.26. The lowest BCUT2D eigenvalue weighted by molar-refractivity contribution is -0.135. The van der Waals surface area contributed by atoms with Crippen LogP contribution in [-0.4, -0.2) is 13.1 Å². The molecular weight excluding hydrogens is 312 g/mol. The van der Waals surface area contributed by atoms with Crippen LogP contribution in [0.5, 0.6) is 5.75 Å². The van der Waals surface area contributed by atoms with Gasteiger partial charge >= 0.3 is 5.97 Å². The van der Waals surface area contributed by atoms with Gasteiger partial charge in [0.15, 0.2) is 0 Å². The van der Waals surface area contributed by atoms with Gasteiger partial charge in [0, 0.05) is 0 Å². The Morgan fingerprint density at radius 2 is 1.70 bits per heavy atom. The van der Waals surface area contributed by atoms with Crippen molar-refractivity contribution in [1.29, 1.82) is 0 Å². The van der Waals surface area contributed by atoms with E-state index in [-0.39, 0.29) is 5.03 Å². The average Bonchev–Trinajstić information content (AvgIpc) is 2.61. The van der Waals surface area contributed by atoms with Crippen molar-refractivity contribution in [3.63, 3.8) is 0 Å². The number of halogens is 1. The third-order valence-corrected chi connectivity index (χ3v) is 3.82. The van der Waals surface area contributed by atoms with E-state index in [1.807, 2.05) is 61.5 Å². The van der Waals surface area contributed by atoms with Crippen molar-refractivity contribution in [2.75, 3.05) is 7.11 Å². The molecule has 23 heavy (non-hydrogen) atoms. The van der Waals surface area contributed by atoms with Crippen LogP contribution in [0, 0.1) is 0 Å². The van der Waals surface area contributed by atoms with Gasteiger partial charge < -0.3 is 9.47 Å². The Bertz CT molecular complexity index is 676. The minimum absolute atomic E-state index is 0.118. The highest BCUT2D eigenvalue weighted by molar-refractivity contribution is 6.44. The van der Waals surface area contributed by atoms with Crippen LogP contribution in [0.25, 0.3) is 5.57 Å². The number of benzene rings is 2. The molecule has 0 aliphatic carbocycles. The first-order chi connectivity index (χ1) is 11.2. The Labute approximate surface area is 141 Å². The van der Waals surface area contributed by atoms with Gasteiger partial charge in [-0.3, -0.25) is 0 Å². The molecule has 0 spiro atoms. The summed E-state index contributed by atoms with van der Waals surface area (Å²) in [6, 6.07) is 17.5. The molecule has 0 fully saturated rings. The first-order valence-corrected chi connectivity index (χ1v) is 7.77. The maximum atomic E-state index is 11.6. The topological polar surface area (TPSA) is 35.5 Å². The van der Waals surface area contributed by atoms with Gasteiger partial charge in [0.2, 0.25) is 0 Å². The van der Waals surface area contributed by atoms with E-state index in [0.29, 0.717) is 13.0 Å². The van der Waals surface area contributed by atoms with Gasteiger partial charge in [-0.1, -0.05) is 61.0 Å². The summed E-state index contributed by atoms with van der Waals surface area (Å²) in [5.41, 5.74) is 2.75. The molecule has 2 aromatic carbocycles. The van der Waals surface area contributed by atoms with E-state index in [1.165, 1.54) is 7.11 Å². The maximum absolute atomic E-state index is 11.6. The molecule has 0 N–H and O–H groups in total. The zero-order chi connectivity index (χ0) is 16.7. The fourth-order valence-corrected chi connectivity index (χ4v) is 2.51. The molecule has 0 aromatic heterocycles. The normalized spacial score (nSPS) is 11.6. The standard InChI is InChI=1S/C19H19ClO3/c1-3-17(18(20)19(21)22-2)15-9-11-16(12-10-15)23-13-14-7-5-4-6-8-14/h4-12H,3,13H2,1-2H3/b18-17+. The maximum Gasteiger partial charge on any atom is 0.349 e. The van der Waals surface area contributed by atoms with Gasteiger partial charge in [0.05, 0.1) is 7.11 Å². The van der Waals surface area contributed by atoms with E-state index in [1.54, 1.807) is 0 Å². The summed E-state index contributed by atoms with van der Waals surface area (Å²) in [4.78, 5) is 11.6. The number of esters is 1. The minimum Gasteiger partial charge on any atom is -0.489 e. The molecule has 0 unspecified atom stereocenters. The first kappa shape index (κ1) is 17.1. The summed E-state index contributed by atoms with van der Waals surface area (Å²) in [5, 5.41) is 0.118. The van der Waals surface area contributed by atoms with E-state index in [4.69, 9.17) is 16.3 Å². The fraction of sp³-hybridized carbons (Fsp3) is 0.211. The molecule has 0 radical (unpaired) electrons. The number of hydrogen-bond acceptors (Lipinski definition) is 3. The summed E-state index contributed by atoms with van der Waals surface area (Å²) in [6.45, 7) is 2.46. The van der Waals surface area contributed by atoms with Crippen LogP contribution in [0.4, 0.5) is 0 Å². The minimum atomic E-state index is -0.520. The Kier molecular flexibility index (Phi) is 6.24. The second-order valence-corrected chi connectivity index (χ2v) is 5.31. The number of carbonyl (C=O) groups is 1. The predicted molar refractivity (Wildman–Crippen MR) is 92.3 cm³/mol. The Morgan fingerprint density at radius 3 is 2.26 bits per heavy atom. The molecule has 0 heterocycles. The zero-order valence-corrected chi connectivity index (χ0v) is 14.0. The van der Waals surface area contributed by atoms with Crippen molar-refractivity contribution in [3.05, 3.63) is 70.8 Å². The molecule has 0 aliphatic rings. The van der Waals surface area contributed by atoms with Gasteiger partial charge in [-0.2, -0.15) is 0 Å². The lowest BCUT2D eigenvalue weighted by Gasteiger charge is -2.10. The van der Waals surface area contributed by atoms with E-state index in [2.05, 4.69) is 4.74 Å². The van der Waals surface area contributed by atoms with E-state index in [9.17, 15) is 4.79 Å². The van der Waals surface area contributed by atoms with Crippen LogP contribution in [0.2, 0.25) is 0 Å². The summed E-state index contributed by atoms with van der Waals surface area (Å²) in [7, 11) is 1.32. The van der Waals surface area contributed by atoms with Crippen LogP contribution in [0.15, 0.2) is 59.6 Å². The highest BCUT2D eigenvalue weighted by atomic mass is 35.5. The van der Waals surface area contributed by atoms with Gasteiger partial charge in [0.1, 0.15) is 17.4 Å². The van der Waals surface area contributed by atoms with Gasteiger partial charge in [-0.15, -0.1) is 0 Å². The SMILES string of the molecule is CC/C(=C(\Cl)C(=O)OC)c1ccc(OCc2ccccc2)cc1. The number of carbonyl (C=O) groups excluding carboxylic acids is 1. The second-order valence-electron chi connectivity index (χ2n) is 4.94. The van der Waals surface area contributed by atoms with E-state index in [0.717, 1.165) is 22.4 Å². The predicted octanol–water partition coefficient (Wildman–Crippen LogP) is 4.80. The molecule has 0 amide bonds. The molecule has 0 aliphatic heterocycles. The van der Waals surface area contributed by atoms with E-state index < -0.39 is 5.97 Å². The number of rotatable bonds is 6. The average molecular weight is 331 g/mol. The summed E-state index contributed by atoms with van der Waals surface area (Å²) in [6.07, 6.45) is 0.637. The number of hydrogen-bond donors (Lipinski definition) is 0. The Balaban J connectivity index is 2.10. The van der Waals surface area contributed by atoms with Crippen LogP contribution in [-0.2, 0) is 16.1 Å². The lowest BCUT2D eigenvalue weighted by atomic mass is 10.0. The van der Waals surface area contributed by atoms with Crippen LogP contribution >= 0.6 is 11.6 Å². The monoisotopic (exact) mass is 330 g/mol. The number of methoxy groups -OCH3 is 1. The van der Waals surface area contributed by atoms with E-state index >= 15 is 0 Å². The summed E-state index contributed by atoms with van der Waals surface area (Å²) in [5.74, 6) is 0.246. The largest absolute Gasteiger partial charge is 0.489 e. The molecule has 0 saturated carbocycles. The second kappa shape index (κ2) is 8.39.